The fourth-order valence-electron chi connectivity index (χ4n) is 1.87. The van der Waals surface area contributed by atoms with E-state index in [9.17, 15) is 4.79 Å². The first kappa shape index (κ1) is 12.2. The minimum absolute atomic E-state index is 0.143. The lowest BCUT2D eigenvalue weighted by Crippen LogP contribution is -2.12. The number of nitrogens with two attached hydrogens (primary N) is 1. The molecular weight excluding hydrogens is 224 g/mol. The van der Waals surface area contributed by atoms with E-state index in [0.29, 0.717) is 11.3 Å². The summed E-state index contributed by atoms with van der Waals surface area (Å²) in [6, 6.07) is 13.0. The zero-order chi connectivity index (χ0) is 13.1. The van der Waals surface area contributed by atoms with E-state index < -0.39 is 0 Å². The van der Waals surface area contributed by atoms with Crippen LogP contribution in [0.1, 0.15) is 21.5 Å². The summed E-state index contributed by atoms with van der Waals surface area (Å²) >= 11 is 0. The number of amides is 1. The van der Waals surface area contributed by atoms with Gasteiger partial charge in [-0.15, -0.1) is 0 Å². The van der Waals surface area contributed by atoms with Crippen LogP contribution in [0.3, 0.4) is 0 Å². The first-order valence-corrected chi connectivity index (χ1v) is 5.80. The highest BCUT2D eigenvalue weighted by Gasteiger charge is 2.07. The molecule has 0 bridgehead atoms. The van der Waals surface area contributed by atoms with Gasteiger partial charge in [-0.3, -0.25) is 4.79 Å². The molecule has 0 unspecified atom stereocenters. The van der Waals surface area contributed by atoms with Gasteiger partial charge in [0.1, 0.15) is 0 Å². The summed E-state index contributed by atoms with van der Waals surface area (Å²) in [7, 11) is 0. The van der Waals surface area contributed by atoms with Crippen molar-refractivity contribution in [3.05, 3.63) is 59.2 Å². The number of aryl methyl sites for hydroxylation is 2. The van der Waals surface area contributed by atoms with Gasteiger partial charge in [0.2, 0.25) is 0 Å². The Balaban J connectivity index is 2.22. The van der Waals surface area contributed by atoms with Crippen LogP contribution in [0.25, 0.3) is 0 Å². The molecule has 0 saturated carbocycles. The fraction of sp³-hybridized carbons (Fsp3) is 0.133. The number of carbonyl (C=O) groups excluding carboxylic acids is 1. The molecule has 1 amide bonds. The van der Waals surface area contributed by atoms with E-state index in [2.05, 4.69) is 5.32 Å². The molecule has 0 aromatic heterocycles. The van der Waals surface area contributed by atoms with Crippen LogP contribution in [0.2, 0.25) is 0 Å². The van der Waals surface area contributed by atoms with Crippen molar-refractivity contribution in [1.82, 2.24) is 0 Å². The van der Waals surface area contributed by atoms with Crippen molar-refractivity contribution < 1.29 is 4.79 Å². The molecule has 3 N–H and O–H groups in total. The Hall–Kier alpha value is -2.29. The van der Waals surface area contributed by atoms with E-state index in [0.717, 1.165) is 16.8 Å². The van der Waals surface area contributed by atoms with Crippen molar-refractivity contribution in [3.63, 3.8) is 0 Å². The van der Waals surface area contributed by atoms with E-state index in [4.69, 9.17) is 5.73 Å². The van der Waals surface area contributed by atoms with Crippen LogP contribution in [-0.2, 0) is 0 Å². The van der Waals surface area contributed by atoms with Gasteiger partial charge in [0.15, 0.2) is 0 Å². The number of carbonyl (C=O) groups is 1. The van der Waals surface area contributed by atoms with Gasteiger partial charge < -0.3 is 11.1 Å². The molecule has 0 heterocycles. The topological polar surface area (TPSA) is 55.1 Å². The second kappa shape index (κ2) is 4.92. The zero-order valence-corrected chi connectivity index (χ0v) is 10.5. The Morgan fingerprint density at radius 1 is 1.06 bits per heavy atom. The third-order valence-corrected chi connectivity index (χ3v) is 2.64. The molecule has 0 saturated heterocycles. The molecule has 0 fully saturated rings. The Bertz CT molecular complexity index is 571. The molecule has 0 radical (unpaired) electrons. The van der Waals surface area contributed by atoms with Crippen molar-refractivity contribution in [2.45, 2.75) is 13.8 Å². The molecule has 2 aromatic carbocycles. The lowest BCUT2D eigenvalue weighted by atomic mass is 10.1. The summed E-state index contributed by atoms with van der Waals surface area (Å²) in [6.07, 6.45) is 0. The van der Waals surface area contributed by atoms with Gasteiger partial charge >= 0.3 is 0 Å². The zero-order valence-electron chi connectivity index (χ0n) is 10.5. The fourth-order valence-corrected chi connectivity index (χ4v) is 1.87. The number of nitrogen functional groups attached to an aromatic ring is 1. The minimum Gasteiger partial charge on any atom is -0.399 e. The monoisotopic (exact) mass is 240 g/mol. The van der Waals surface area contributed by atoms with Crippen molar-refractivity contribution in [1.29, 1.82) is 0 Å². The van der Waals surface area contributed by atoms with E-state index in [1.165, 1.54) is 0 Å². The molecule has 2 rings (SSSR count). The molecule has 18 heavy (non-hydrogen) atoms. The van der Waals surface area contributed by atoms with Crippen molar-refractivity contribution >= 4 is 17.3 Å². The number of hydrogen-bond donors (Lipinski definition) is 2. The summed E-state index contributed by atoms with van der Waals surface area (Å²) in [5.41, 5.74) is 9.79. The molecule has 92 valence electrons. The highest BCUT2D eigenvalue weighted by atomic mass is 16.1. The average molecular weight is 240 g/mol. The highest BCUT2D eigenvalue weighted by molar-refractivity contribution is 6.04. The molecule has 0 atom stereocenters. The Morgan fingerprint density at radius 3 is 2.50 bits per heavy atom. The maximum absolute atomic E-state index is 12.1. The van der Waals surface area contributed by atoms with Crippen LogP contribution in [-0.4, -0.2) is 5.91 Å². The Morgan fingerprint density at radius 2 is 1.83 bits per heavy atom. The third-order valence-electron chi connectivity index (χ3n) is 2.64. The lowest BCUT2D eigenvalue weighted by molar-refractivity contribution is 0.102. The van der Waals surface area contributed by atoms with Gasteiger partial charge in [0, 0.05) is 16.9 Å². The van der Waals surface area contributed by atoms with Gasteiger partial charge in [-0.25, -0.2) is 0 Å². The first-order chi connectivity index (χ1) is 8.54. The van der Waals surface area contributed by atoms with Crippen LogP contribution >= 0.6 is 0 Å². The summed E-state index contributed by atoms with van der Waals surface area (Å²) in [5, 5.41) is 2.86. The molecule has 3 heteroatoms. The van der Waals surface area contributed by atoms with Gasteiger partial charge in [0.25, 0.3) is 5.91 Å². The smallest absolute Gasteiger partial charge is 0.255 e. The van der Waals surface area contributed by atoms with Crippen LogP contribution < -0.4 is 11.1 Å². The van der Waals surface area contributed by atoms with Crippen LogP contribution in [0.15, 0.2) is 42.5 Å². The SMILES string of the molecule is Cc1cccc(NC(=O)c2cc(C)cc(N)c2)c1. The molecule has 0 aliphatic heterocycles. The average Bonchev–Trinajstić information content (AvgIpc) is 2.27. The van der Waals surface area contributed by atoms with E-state index in [-0.39, 0.29) is 5.91 Å². The quantitative estimate of drug-likeness (QED) is 0.792. The van der Waals surface area contributed by atoms with Crippen molar-refractivity contribution in [2.24, 2.45) is 0 Å². The van der Waals surface area contributed by atoms with Crippen LogP contribution in [0.4, 0.5) is 11.4 Å². The predicted octanol–water partition coefficient (Wildman–Crippen LogP) is 3.14. The van der Waals surface area contributed by atoms with E-state index >= 15 is 0 Å². The summed E-state index contributed by atoms with van der Waals surface area (Å²) < 4.78 is 0. The summed E-state index contributed by atoms with van der Waals surface area (Å²) in [5.74, 6) is -0.143. The van der Waals surface area contributed by atoms with Crippen molar-refractivity contribution in [3.8, 4) is 0 Å². The number of hydrogen-bond acceptors (Lipinski definition) is 2. The molecular formula is C15H16N2O. The molecule has 3 nitrogen and oxygen atoms in total. The van der Waals surface area contributed by atoms with Gasteiger partial charge in [-0.1, -0.05) is 12.1 Å². The maximum Gasteiger partial charge on any atom is 0.255 e. The minimum atomic E-state index is -0.143. The predicted molar refractivity (Wildman–Crippen MR) is 74.7 cm³/mol. The van der Waals surface area contributed by atoms with Gasteiger partial charge in [-0.05, 0) is 55.3 Å². The number of rotatable bonds is 2. The molecule has 0 aliphatic carbocycles. The number of anilines is 2. The molecule has 2 aromatic rings. The highest BCUT2D eigenvalue weighted by Crippen LogP contribution is 2.15. The van der Waals surface area contributed by atoms with E-state index in [1.807, 2.05) is 50.2 Å². The van der Waals surface area contributed by atoms with Gasteiger partial charge in [-0.2, -0.15) is 0 Å². The number of nitrogens with one attached hydrogen (secondary N) is 1. The molecule has 0 spiro atoms. The van der Waals surface area contributed by atoms with E-state index in [1.54, 1.807) is 6.07 Å². The second-order valence-corrected chi connectivity index (χ2v) is 4.46. The Labute approximate surface area is 107 Å². The van der Waals surface area contributed by atoms with Crippen LogP contribution in [0, 0.1) is 13.8 Å². The largest absolute Gasteiger partial charge is 0.399 e. The first-order valence-electron chi connectivity index (χ1n) is 5.80. The van der Waals surface area contributed by atoms with Gasteiger partial charge in [0.05, 0.1) is 0 Å². The summed E-state index contributed by atoms with van der Waals surface area (Å²) in [6.45, 7) is 3.90. The standard InChI is InChI=1S/C15H16N2O/c1-10-4-3-5-14(8-10)17-15(18)12-6-11(2)7-13(16)9-12/h3-9H,16H2,1-2H3,(H,17,18). The van der Waals surface area contributed by atoms with Crippen molar-refractivity contribution in [2.75, 3.05) is 11.1 Å². The normalized spacial score (nSPS) is 10.1. The summed E-state index contributed by atoms with van der Waals surface area (Å²) in [4.78, 5) is 12.1. The third kappa shape index (κ3) is 2.88. The molecule has 0 aliphatic rings. The maximum atomic E-state index is 12.1. The lowest BCUT2D eigenvalue weighted by Gasteiger charge is -2.07. The number of benzene rings is 2. The van der Waals surface area contributed by atoms with Crippen LogP contribution in [0.5, 0.6) is 0 Å². The second-order valence-electron chi connectivity index (χ2n) is 4.46. The Kier molecular flexibility index (Phi) is 3.33.